The van der Waals surface area contributed by atoms with Gasteiger partial charge in [0.05, 0.1) is 6.10 Å². The van der Waals surface area contributed by atoms with Crippen molar-refractivity contribution in [2.75, 3.05) is 19.9 Å². The monoisotopic (exact) mass is 348 g/mol. The zero-order valence-electron chi connectivity index (χ0n) is 12.4. The number of amides is 2. The number of alkyl halides is 3. The summed E-state index contributed by atoms with van der Waals surface area (Å²) in [6.07, 6.45) is -5.47. The van der Waals surface area contributed by atoms with Gasteiger partial charge >= 0.3 is 18.0 Å². The molecule has 132 valence electrons. The summed E-state index contributed by atoms with van der Waals surface area (Å²) in [5.74, 6) is -1.54. The lowest BCUT2D eigenvalue weighted by atomic mass is 10.1. The van der Waals surface area contributed by atoms with Crippen LogP contribution in [0.1, 0.15) is 18.1 Å². The van der Waals surface area contributed by atoms with E-state index in [1.807, 2.05) is 0 Å². The van der Waals surface area contributed by atoms with Crippen molar-refractivity contribution >= 4 is 11.8 Å². The van der Waals surface area contributed by atoms with Gasteiger partial charge in [-0.1, -0.05) is 6.07 Å². The summed E-state index contributed by atoms with van der Waals surface area (Å²) in [6.45, 7) is -1.58. The molecule has 0 fully saturated rings. The van der Waals surface area contributed by atoms with E-state index in [0.717, 1.165) is 0 Å². The third kappa shape index (κ3) is 5.01. The molecule has 0 radical (unpaired) electrons. The van der Waals surface area contributed by atoms with E-state index in [-0.39, 0.29) is 19.8 Å². The second-order valence-electron chi connectivity index (χ2n) is 4.97. The number of aliphatic hydroxyl groups excluding tert-OH is 1. The van der Waals surface area contributed by atoms with Crippen LogP contribution in [0.15, 0.2) is 18.2 Å². The van der Waals surface area contributed by atoms with Gasteiger partial charge in [-0.15, -0.1) is 0 Å². The molecule has 10 heteroatoms. The topological polar surface area (TPSA) is 96.9 Å². The predicted molar refractivity (Wildman–Crippen MR) is 74.2 cm³/mol. The number of halogens is 3. The van der Waals surface area contributed by atoms with Crippen molar-refractivity contribution in [2.24, 2.45) is 0 Å². The van der Waals surface area contributed by atoms with Crippen LogP contribution < -0.4 is 20.1 Å². The maximum Gasteiger partial charge on any atom is 0.405 e. The van der Waals surface area contributed by atoms with Crippen LogP contribution in [-0.4, -0.2) is 43.0 Å². The summed E-state index contributed by atoms with van der Waals surface area (Å²) in [6, 6.07) is 4.84. The van der Waals surface area contributed by atoms with Crippen LogP contribution >= 0.6 is 0 Å². The molecule has 0 aliphatic carbocycles. The smallest absolute Gasteiger partial charge is 0.405 e. The van der Waals surface area contributed by atoms with E-state index in [2.05, 4.69) is 5.32 Å². The Labute approximate surface area is 134 Å². The van der Waals surface area contributed by atoms with Crippen molar-refractivity contribution in [1.82, 2.24) is 10.6 Å². The molecule has 1 aliphatic heterocycles. The zero-order chi connectivity index (χ0) is 17.7. The Morgan fingerprint density at radius 3 is 2.54 bits per heavy atom. The van der Waals surface area contributed by atoms with E-state index in [1.165, 1.54) is 5.32 Å². The van der Waals surface area contributed by atoms with Crippen molar-refractivity contribution in [2.45, 2.75) is 18.7 Å². The van der Waals surface area contributed by atoms with Gasteiger partial charge in [-0.3, -0.25) is 9.59 Å². The van der Waals surface area contributed by atoms with Gasteiger partial charge in [0, 0.05) is 6.54 Å². The number of hydrogen-bond donors (Lipinski definition) is 3. The number of aliphatic hydroxyl groups is 1. The molecule has 7 nitrogen and oxygen atoms in total. The highest BCUT2D eigenvalue weighted by atomic mass is 19.4. The molecule has 0 bridgehead atoms. The lowest BCUT2D eigenvalue weighted by molar-refractivity contribution is -0.146. The number of carbonyl (C=O) groups excluding carboxylic acids is 2. The fraction of sp³-hybridized carbons (Fsp3) is 0.429. The molecular formula is C14H15F3N2O5. The maximum atomic E-state index is 11.9. The standard InChI is InChI=1S/C14H15F3N2O5/c15-14(16,17)6-19-13(22)12(21)18-4-3-9(20)8-1-2-10-11(5-8)24-7-23-10/h1-2,5,9,20H,3-4,6-7H2,(H,18,21)(H,19,22)/t9-/m1/s1. The van der Waals surface area contributed by atoms with Crippen molar-refractivity contribution in [1.29, 1.82) is 0 Å². The first kappa shape index (κ1) is 17.9. The number of carbonyl (C=O) groups is 2. The Hall–Kier alpha value is -2.49. The number of nitrogens with one attached hydrogen (secondary N) is 2. The molecule has 2 amide bonds. The third-order valence-electron chi connectivity index (χ3n) is 3.14. The molecule has 0 unspecified atom stereocenters. The Balaban J connectivity index is 1.75. The predicted octanol–water partition coefficient (Wildman–Crippen LogP) is 0.633. The highest BCUT2D eigenvalue weighted by molar-refractivity contribution is 6.35. The summed E-state index contributed by atoms with van der Waals surface area (Å²) in [5.41, 5.74) is 0.523. The van der Waals surface area contributed by atoms with Gasteiger partial charge in [-0.2, -0.15) is 13.2 Å². The second-order valence-corrected chi connectivity index (χ2v) is 4.97. The van der Waals surface area contributed by atoms with Gasteiger partial charge in [-0.25, -0.2) is 0 Å². The van der Waals surface area contributed by atoms with E-state index in [9.17, 15) is 27.9 Å². The molecule has 0 spiro atoms. The first-order valence-corrected chi connectivity index (χ1v) is 6.96. The molecule has 1 heterocycles. The molecule has 1 aromatic carbocycles. The van der Waals surface area contributed by atoms with Crippen molar-refractivity contribution in [3.63, 3.8) is 0 Å². The van der Waals surface area contributed by atoms with Gasteiger partial charge in [-0.05, 0) is 24.1 Å². The first-order valence-electron chi connectivity index (χ1n) is 6.96. The van der Waals surface area contributed by atoms with Crippen LogP contribution in [0.25, 0.3) is 0 Å². The van der Waals surface area contributed by atoms with E-state index >= 15 is 0 Å². The normalized spacial score (nSPS) is 14.2. The number of rotatable bonds is 5. The van der Waals surface area contributed by atoms with E-state index in [4.69, 9.17) is 9.47 Å². The molecule has 1 aliphatic rings. The molecule has 2 rings (SSSR count). The summed E-state index contributed by atoms with van der Waals surface area (Å²) < 4.78 is 46.1. The summed E-state index contributed by atoms with van der Waals surface area (Å²) >= 11 is 0. The SMILES string of the molecule is O=C(NCC[C@@H](O)c1ccc2c(c1)OCO2)C(=O)NCC(F)(F)F. The Morgan fingerprint density at radius 1 is 1.17 bits per heavy atom. The van der Waals surface area contributed by atoms with Crippen LogP contribution in [0.2, 0.25) is 0 Å². The Bertz CT molecular complexity index is 621. The largest absolute Gasteiger partial charge is 0.454 e. The number of benzene rings is 1. The van der Waals surface area contributed by atoms with Crippen LogP contribution in [0, 0.1) is 0 Å². The highest BCUT2D eigenvalue weighted by Crippen LogP contribution is 2.34. The average Bonchev–Trinajstić information content (AvgIpc) is 2.99. The molecule has 0 saturated carbocycles. The first-order chi connectivity index (χ1) is 11.3. The minimum absolute atomic E-state index is 0.0674. The van der Waals surface area contributed by atoms with Crippen LogP contribution in [0.4, 0.5) is 13.2 Å². The van der Waals surface area contributed by atoms with Gasteiger partial charge in [0.15, 0.2) is 11.5 Å². The number of ether oxygens (including phenoxy) is 2. The lowest BCUT2D eigenvalue weighted by Crippen LogP contribution is -2.43. The van der Waals surface area contributed by atoms with Crippen molar-refractivity contribution < 1.29 is 37.3 Å². The van der Waals surface area contributed by atoms with Crippen LogP contribution in [0.3, 0.4) is 0 Å². The fourth-order valence-corrected chi connectivity index (χ4v) is 1.95. The molecule has 1 atom stereocenters. The molecular weight excluding hydrogens is 333 g/mol. The minimum Gasteiger partial charge on any atom is -0.454 e. The van der Waals surface area contributed by atoms with E-state index in [0.29, 0.717) is 17.1 Å². The van der Waals surface area contributed by atoms with Gasteiger partial charge in [0.25, 0.3) is 0 Å². The number of fused-ring (bicyclic) bond motifs is 1. The molecule has 3 N–H and O–H groups in total. The van der Waals surface area contributed by atoms with Crippen molar-refractivity contribution in [3.05, 3.63) is 23.8 Å². The quantitative estimate of drug-likeness (QED) is 0.679. The summed E-state index contributed by atoms with van der Waals surface area (Å²) in [4.78, 5) is 22.5. The van der Waals surface area contributed by atoms with E-state index in [1.54, 1.807) is 18.2 Å². The third-order valence-corrected chi connectivity index (χ3v) is 3.14. The average molecular weight is 348 g/mol. The maximum absolute atomic E-state index is 11.9. The second kappa shape index (κ2) is 7.39. The van der Waals surface area contributed by atoms with Crippen molar-refractivity contribution in [3.8, 4) is 11.5 Å². The zero-order valence-corrected chi connectivity index (χ0v) is 12.4. The van der Waals surface area contributed by atoms with Crippen LogP contribution in [-0.2, 0) is 9.59 Å². The molecule has 24 heavy (non-hydrogen) atoms. The van der Waals surface area contributed by atoms with Gasteiger partial charge < -0.3 is 25.2 Å². The Morgan fingerprint density at radius 2 is 1.83 bits per heavy atom. The lowest BCUT2D eigenvalue weighted by Gasteiger charge is -2.12. The van der Waals surface area contributed by atoms with E-state index < -0.39 is 30.6 Å². The number of hydrogen-bond acceptors (Lipinski definition) is 5. The molecule has 1 aromatic rings. The molecule has 0 aromatic heterocycles. The molecule has 0 saturated heterocycles. The minimum atomic E-state index is -4.59. The fourth-order valence-electron chi connectivity index (χ4n) is 1.95. The summed E-state index contributed by atoms with van der Waals surface area (Å²) in [7, 11) is 0. The van der Waals surface area contributed by atoms with Crippen LogP contribution in [0.5, 0.6) is 11.5 Å². The summed E-state index contributed by atoms with van der Waals surface area (Å²) in [5, 5.41) is 13.6. The highest BCUT2D eigenvalue weighted by Gasteiger charge is 2.29. The van der Waals surface area contributed by atoms with Gasteiger partial charge in [0.2, 0.25) is 6.79 Å². The Kier molecular flexibility index (Phi) is 5.50. The van der Waals surface area contributed by atoms with Gasteiger partial charge in [0.1, 0.15) is 6.54 Å².